The van der Waals surface area contributed by atoms with E-state index < -0.39 is 6.10 Å². The molecule has 0 fully saturated rings. The second-order valence-electron chi connectivity index (χ2n) is 26.6. The van der Waals surface area contributed by atoms with Gasteiger partial charge in [-0.15, -0.1) is 0 Å². The smallest absolute Gasteiger partial charge is 0.306 e. The molecule has 0 saturated carbocycles. The Kier molecular flexibility index (Phi) is 71.5. The Bertz CT molecular complexity index is 1250. The van der Waals surface area contributed by atoms with Gasteiger partial charge in [-0.25, -0.2) is 0 Å². The quantitative estimate of drug-likeness (QED) is 0.0343. The Morgan fingerprint density at radius 2 is 0.325 bits per heavy atom. The highest BCUT2D eigenvalue weighted by Crippen LogP contribution is 2.20. The zero-order chi connectivity index (χ0) is 59.9. The Morgan fingerprint density at radius 3 is 0.482 bits per heavy atom. The molecule has 0 aromatic rings. The predicted molar refractivity (Wildman–Crippen MR) is 363 cm³/mol. The van der Waals surface area contributed by atoms with Crippen molar-refractivity contribution in [2.75, 3.05) is 13.2 Å². The summed E-state index contributed by atoms with van der Waals surface area (Å²) in [6, 6.07) is 0. The third-order valence-corrected chi connectivity index (χ3v) is 18.1. The molecular weight excluding hydrogens is 1020 g/mol. The maximum Gasteiger partial charge on any atom is 0.306 e. The van der Waals surface area contributed by atoms with Crippen LogP contribution in [0, 0.1) is 0 Å². The summed E-state index contributed by atoms with van der Waals surface area (Å²) in [5.74, 6) is -0.816. The lowest BCUT2D eigenvalue weighted by Crippen LogP contribution is -2.30. The first-order valence-corrected chi connectivity index (χ1v) is 38.5. The van der Waals surface area contributed by atoms with Crippen LogP contribution in [0.4, 0.5) is 0 Å². The van der Waals surface area contributed by atoms with E-state index >= 15 is 0 Å². The Morgan fingerprint density at radius 1 is 0.193 bits per heavy atom. The van der Waals surface area contributed by atoms with Crippen molar-refractivity contribution in [1.29, 1.82) is 0 Å². The van der Waals surface area contributed by atoms with Crippen molar-refractivity contribution >= 4 is 17.9 Å². The van der Waals surface area contributed by atoms with Crippen LogP contribution in [0.15, 0.2) is 0 Å². The fourth-order valence-corrected chi connectivity index (χ4v) is 12.3. The number of ether oxygens (including phenoxy) is 3. The van der Waals surface area contributed by atoms with Crippen LogP contribution in [0.1, 0.15) is 457 Å². The number of esters is 3. The first-order chi connectivity index (χ1) is 41.0. The van der Waals surface area contributed by atoms with Crippen molar-refractivity contribution in [1.82, 2.24) is 0 Å². The van der Waals surface area contributed by atoms with E-state index in [1.807, 2.05) is 0 Å². The zero-order valence-electron chi connectivity index (χ0n) is 57.0. The molecule has 0 amide bonds. The number of hydrogen-bond donors (Lipinski definition) is 0. The number of carbonyl (C=O) groups is 3. The van der Waals surface area contributed by atoms with Crippen LogP contribution in [-0.4, -0.2) is 37.2 Å². The van der Waals surface area contributed by atoms with Gasteiger partial charge in [-0.05, 0) is 19.3 Å². The third kappa shape index (κ3) is 71.1. The van der Waals surface area contributed by atoms with Crippen LogP contribution in [0.3, 0.4) is 0 Å². The van der Waals surface area contributed by atoms with Crippen molar-refractivity contribution < 1.29 is 28.6 Å². The lowest BCUT2D eigenvalue weighted by Gasteiger charge is -2.18. The van der Waals surface area contributed by atoms with Crippen molar-refractivity contribution in [2.24, 2.45) is 0 Å². The molecule has 0 aliphatic heterocycles. The highest BCUT2D eigenvalue weighted by Gasteiger charge is 2.20. The van der Waals surface area contributed by atoms with E-state index in [2.05, 4.69) is 20.8 Å². The van der Waals surface area contributed by atoms with E-state index in [1.54, 1.807) is 0 Å². The SMILES string of the molecule is CCCCCCCCCCCCCCCCCCCCCCCCCCCCCCCCCCC(=O)OCC(COC(=O)CCCCCCCCCCCCCCCCC)OC(=O)CCCCCCCCCCCCCCCCCCCC. The highest BCUT2D eigenvalue weighted by molar-refractivity contribution is 5.71. The van der Waals surface area contributed by atoms with Gasteiger partial charge in [0.15, 0.2) is 6.10 Å². The molecule has 6 nitrogen and oxygen atoms in total. The topological polar surface area (TPSA) is 78.9 Å². The second kappa shape index (κ2) is 72.9. The summed E-state index contributed by atoms with van der Waals surface area (Å²) >= 11 is 0. The molecule has 0 spiro atoms. The summed E-state index contributed by atoms with van der Waals surface area (Å²) in [4.78, 5) is 38.5. The molecule has 0 aromatic carbocycles. The Labute approximate surface area is 520 Å². The highest BCUT2D eigenvalue weighted by atomic mass is 16.6. The van der Waals surface area contributed by atoms with E-state index in [-0.39, 0.29) is 31.1 Å². The van der Waals surface area contributed by atoms with Gasteiger partial charge in [-0.3, -0.25) is 14.4 Å². The van der Waals surface area contributed by atoms with Gasteiger partial charge in [0, 0.05) is 19.3 Å². The predicted octanol–water partition coefficient (Wildman–Crippen LogP) is 26.6. The standard InChI is InChI=1S/C77H150O6/c1-4-7-10-13-16-19-22-25-28-30-32-33-34-35-36-37-38-39-40-41-42-43-44-45-47-49-52-55-58-61-64-67-70-76(79)82-73-74(72-81-75(78)69-66-63-60-57-54-51-48-27-24-21-18-15-12-9-6-3)83-77(80)71-68-65-62-59-56-53-50-46-31-29-26-23-20-17-14-11-8-5-2/h74H,4-73H2,1-3H3. The molecule has 0 aromatic heterocycles. The first kappa shape index (κ1) is 81.4. The minimum absolute atomic E-state index is 0.0600. The van der Waals surface area contributed by atoms with Crippen molar-refractivity contribution in [3.63, 3.8) is 0 Å². The van der Waals surface area contributed by atoms with Crippen LogP contribution in [0.25, 0.3) is 0 Å². The molecule has 0 radical (unpaired) electrons. The average molecular weight is 1170 g/mol. The summed E-state index contributed by atoms with van der Waals surface area (Å²) in [6.07, 6.45) is 87.4. The van der Waals surface area contributed by atoms with E-state index in [1.165, 1.54) is 360 Å². The first-order valence-electron chi connectivity index (χ1n) is 38.5. The van der Waals surface area contributed by atoms with Gasteiger partial charge in [0.1, 0.15) is 13.2 Å². The molecule has 0 bridgehead atoms. The molecule has 0 heterocycles. The number of hydrogen-bond acceptors (Lipinski definition) is 6. The minimum atomic E-state index is -0.764. The monoisotopic (exact) mass is 1170 g/mol. The van der Waals surface area contributed by atoms with Crippen LogP contribution in [-0.2, 0) is 28.6 Å². The molecule has 1 unspecified atom stereocenters. The molecule has 83 heavy (non-hydrogen) atoms. The normalized spacial score (nSPS) is 11.9. The van der Waals surface area contributed by atoms with Crippen LogP contribution >= 0.6 is 0 Å². The van der Waals surface area contributed by atoms with Crippen LogP contribution < -0.4 is 0 Å². The Balaban J connectivity index is 4.11. The fourth-order valence-electron chi connectivity index (χ4n) is 12.3. The third-order valence-electron chi connectivity index (χ3n) is 18.1. The van der Waals surface area contributed by atoms with Crippen molar-refractivity contribution in [3.05, 3.63) is 0 Å². The molecule has 494 valence electrons. The molecule has 6 heteroatoms. The van der Waals surface area contributed by atoms with Gasteiger partial charge >= 0.3 is 17.9 Å². The second-order valence-corrected chi connectivity index (χ2v) is 26.6. The molecule has 0 rings (SSSR count). The van der Waals surface area contributed by atoms with Crippen molar-refractivity contribution in [2.45, 2.75) is 463 Å². The van der Waals surface area contributed by atoms with Gasteiger partial charge < -0.3 is 14.2 Å². The number of rotatable bonds is 73. The van der Waals surface area contributed by atoms with E-state index in [0.717, 1.165) is 57.8 Å². The largest absolute Gasteiger partial charge is 0.462 e. The fraction of sp³-hybridized carbons (Fsp3) is 0.961. The lowest BCUT2D eigenvalue weighted by molar-refractivity contribution is -0.167. The summed E-state index contributed by atoms with van der Waals surface area (Å²) in [7, 11) is 0. The van der Waals surface area contributed by atoms with Gasteiger partial charge in [-0.2, -0.15) is 0 Å². The number of carbonyl (C=O) groups excluding carboxylic acids is 3. The van der Waals surface area contributed by atoms with E-state index in [9.17, 15) is 14.4 Å². The van der Waals surface area contributed by atoms with Gasteiger partial charge in [-0.1, -0.05) is 419 Å². The molecule has 0 aliphatic rings. The minimum Gasteiger partial charge on any atom is -0.462 e. The molecule has 0 saturated heterocycles. The summed E-state index contributed by atoms with van der Waals surface area (Å²) in [5, 5.41) is 0. The summed E-state index contributed by atoms with van der Waals surface area (Å²) < 4.78 is 17.0. The average Bonchev–Trinajstić information content (AvgIpc) is 3.49. The zero-order valence-corrected chi connectivity index (χ0v) is 57.0. The maximum atomic E-state index is 13.0. The maximum absolute atomic E-state index is 13.0. The van der Waals surface area contributed by atoms with Gasteiger partial charge in [0.05, 0.1) is 0 Å². The van der Waals surface area contributed by atoms with Crippen molar-refractivity contribution in [3.8, 4) is 0 Å². The molecular formula is C77H150O6. The van der Waals surface area contributed by atoms with Gasteiger partial charge in [0.2, 0.25) is 0 Å². The van der Waals surface area contributed by atoms with E-state index in [4.69, 9.17) is 14.2 Å². The molecule has 1 atom stereocenters. The number of unbranched alkanes of at least 4 members (excludes halogenated alkanes) is 62. The van der Waals surface area contributed by atoms with Crippen LogP contribution in [0.5, 0.6) is 0 Å². The Hall–Kier alpha value is -1.59. The lowest BCUT2D eigenvalue weighted by atomic mass is 10.0. The summed E-state index contributed by atoms with van der Waals surface area (Å²) in [5.41, 5.74) is 0. The molecule has 0 aliphatic carbocycles. The summed E-state index contributed by atoms with van der Waals surface area (Å²) in [6.45, 7) is 6.75. The van der Waals surface area contributed by atoms with Crippen LogP contribution in [0.2, 0.25) is 0 Å². The van der Waals surface area contributed by atoms with E-state index in [0.29, 0.717) is 19.3 Å². The van der Waals surface area contributed by atoms with Gasteiger partial charge in [0.25, 0.3) is 0 Å². The molecule has 0 N–H and O–H groups in total.